The van der Waals surface area contributed by atoms with Crippen LogP contribution in [-0.4, -0.2) is 46.6 Å². The first-order valence-electron chi connectivity index (χ1n) is 8.83. The Morgan fingerprint density at radius 1 is 1.26 bits per heavy atom. The molecule has 0 bridgehead atoms. The van der Waals surface area contributed by atoms with Gasteiger partial charge in [0.15, 0.2) is 15.9 Å². The van der Waals surface area contributed by atoms with Gasteiger partial charge in [0, 0.05) is 26.1 Å². The van der Waals surface area contributed by atoms with E-state index in [1.807, 2.05) is 4.90 Å². The Morgan fingerprint density at radius 3 is 2.81 bits per heavy atom. The van der Waals surface area contributed by atoms with Crippen molar-refractivity contribution in [2.45, 2.75) is 43.9 Å². The summed E-state index contributed by atoms with van der Waals surface area (Å²) in [5.74, 6) is 0.939. The van der Waals surface area contributed by atoms with Crippen LogP contribution >= 0.6 is 0 Å². The van der Waals surface area contributed by atoms with E-state index >= 15 is 0 Å². The molecule has 0 aromatic carbocycles. The van der Waals surface area contributed by atoms with E-state index in [0.717, 1.165) is 43.3 Å². The van der Waals surface area contributed by atoms with Gasteiger partial charge in [0.25, 0.3) is 5.56 Å². The van der Waals surface area contributed by atoms with Crippen LogP contribution in [0.2, 0.25) is 0 Å². The molecule has 4 rings (SSSR count). The van der Waals surface area contributed by atoms with E-state index in [2.05, 4.69) is 15.0 Å². The molecule has 1 N–H and O–H groups in total. The minimum absolute atomic E-state index is 0.171. The highest BCUT2D eigenvalue weighted by Crippen LogP contribution is 2.20. The van der Waals surface area contributed by atoms with E-state index in [-0.39, 0.29) is 5.56 Å². The molecule has 0 saturated heterocycles. The molecule has 0 fully saturated rings. The summed E-state index contributed by atoms with van der Waals surface area (Å²) in [5, 5.41) is -0.590. The quantitative estimate of drug-likeness (QED) is 0.762. The second-order valence-electron chi connectivity index (χ2n) is 6.76. The Morgan fingerprint density at radius 2 is 2.11 bits per heavy atom. The van der Waals surface area contributed by atoms with Crippen LogP contribution in [-0.2, 0) is 29.6 Å². The Balaban J connectivity index is 1.52. The fourth-order valence-electron chi connectivity index (χ4n) is 3.44. The minimum Gasteiger partial charge on any atom is -0.742 e. The molecule has 4 heterocycles. The SMILES string of the molecule is O=c1[nH]c(C2=NCCCC2)nc2c1CN(Cc1ccc(S(=O)(=O)[O-])o1)CC2. The zero-order valence-electron chi connectivity index (χ0n) is 14.6. The topological polar surface area (TPSA) is 132 Å². The molecule has 2 aliphatic heterocycles. The summed E-state index contributed by atoms with van der Waals surface area (Å²) < 4.78 is 38.1. The number of aliphatic imine (C=N–C) groups is 1. The lowest BCUT2D eigenvalue weighted by molar-refractivity contribution is 0.215. The molecule has 0 aliphatic carbocycles. The summed E-state index contributed by atoms with van der Waals surface area (Å²) in [6.07, 6.45) is 3.55. The van der Waals surface area contributed by atoms with Gasteiger partial charge in [-0.15, -0.1) is 0 Å². The van der Waals surface area contributed by atoms with E-state index in [1.165, 1.54) is 6.07 Å². The maximum Gasteiger partial charge on any atom is 0.255 e. The summed E-state index contributed by atoms with van der Waals surface area (Å²) in [6, 6.07) is 2.62. The van der Waals surface area contributed by atoms with Crippen LogP contribution in [0.5, 0.6) is 0 Å². The summed E-state index contributed by atoms with van der Waals surface area (Å²) in [5.41, 5.74) is 2.07. The second kappa shape index (κ2) is 7.02. The average Bonchev–Trinajstić information content (AvgIpc) is 3.12. The molecule has 0 saturated carbocycles. The van der Waals surface area contributed by atoms with Crippen LogP contribution in [0.15, 0.2) is 31.4 Å². The van der Waals surface area contributed by atoms with Crippen molar-refractivity contribution in [3.8, 4) is 0 Å². The molecule has 2 aromatic heterocycles. The number of hydrogen-bond donors (Lipinski definition) is 1. The fourth-order valence-corrected chi connectivity index (χ4v) is 3.88. The Hall–Kier alpha value is -2.30. The van der Waals surface area contributed by atoms with Crippen molar-refractivity contribution >= 4 is 15.8 Å². The zero-order chi connectivity index (χ0) is 19.0. The van der Waals surface area contributed by atoms with Gasteiger partial charge in [-0.1, -0.05) is 0 Å². The Labute approximate surface area is 155 Å². The molecular weight excluding hydrogens is 372 g/mol. The van der Waals surface area contributed by atoms with Gasteiger partial charge >= 0.3 is 0 Å². The summed E-state index contributed by atoms with van der Waals surface area (Å²) in [7, 11) is -4.61. The van der Waals surface area contributed by atoms with Crippen molar-refractivity contribution in [3.05, 3.63) is 45.3 Å². The van der Waals surface area contributed by atoms with Gasteiger partial charge in [-0.25, -0.2) is 13.4 Å². The molecule has 0 atom stereocenters. The number of fused-ring (bicyclic) bond motifs is 1. The van der Waals surface area contributed by atoms with Crippen molar-refractivity contribution in [1.29, 1.82) is 0 Å². The molecule has 10 heteroatoms. The first-order chi connectivity index (χ1) is 12.9. The number of hydrogen-bond acceptors (Lipinski definition) is 8. The van der Waals surface area contributed by atoms with E-state index < -0.39 is 15.2 Å². The van der Waals surface area contributed by atoms with Crippen LogP contribution in [0.25, 0.3) is 0 Å². The first kappa shape index (κ1) is 18.1. The van der Waals surface area contributed by atoms with Gasteiger partial charge in [0.05, 0.1) is 23.5 Å². The van der Waals surface area contributed by atoms with E-state index in [0.29, 0.717) is 43.2 Å². The number of nitrogens with one attached hydrogen (secondary N) is 1. The van der Waals surface area contributed by atoms with Crippen LogP contribution in [0.1, 0.15) is 42.1 Å². The zero-order valence-corrected chi connectivity index (χ0v) is 15.4. The van der Waals surface area contributed by atoms with Gasteiger partial charge in [-0.05, 0) is 31.4 Å². The summed E-state index contributed by atoms with van der Waals surface area (Å²) in [4.78, 5) is 26.4. The van der Waals surface area contributed by atoms with Crippen molar-refractivity contribution < 1.29 is 17.4 Å². The smallest absolute Gasteiger partial charge is 0.255 e. The monoisotopic (exact) mass is 391 g/mol. The van der Waals surface area contributed by atoms with E-state index in [4.69, 9.17) is 4.42 Å². The Kier molecular flexibility index (Phi) is 4.70. The highest BCUT2D eigenvalue weighted by Gasteiger charge is 2.23. The Bertz CT molecular complexity index is 1050. The molecule has 0 unspecified atom stereocenters. The largest absolute Gasteiger partial charge is 0.742 e. The third kappa shape index (κ3) is 3.87. The third-order valence-corrected chi connectivity index (χ3v) is 5.52. The predicted molar refractivity (Wildman–Crippen MR) is 94.6 cm³/mol. The molecule has 2 aromatic rings. The van der Waals surface area contributed by atoms with Crippen molar-refractivity contribution in [2.24, 2.45) is 4.99 Å². The molecular formula is C17H19N4O5S-. The summed E-state index contributed by atoms with van der Waals surface area (Å²) >= 11 is 0. The molecule has 0 amide bonds. The molecule has 144 valence electrons. The number of aromatic amines is 1. The predicted octanol–water partition coefficient (Wildman–Crippen LogP) is 0.798. The van der Waals surface area contributed by atoms with Gasteiger partial charge < -0.3 is 14.0 Å². The minimum atomic E-state index is -4.61. The van der Waals surface area contributed by atoms with Gasteiger partial charge in [-0.2, -0.15) is 0 Å². The van der Waals surface area contributed by atoms with Crippen LogP contribution in [0, 0.1) is 0 Å². The van der Waals surface area contributed by atoms with Crippen molar-refractivity contribution in [1.82, 2.24) is 14.9 Å². The fraction of sp³-hybridized carbons (Fsp3) is 0.471. The lowest BCUT2D eigenvalue weighted by Crippen LogP contribution is -2.36. The highest BCUT2D eigenvalue weighted by atomic mass is 32.2. The second-order valence-corrected chi connectivity index (χ2v) is 8.07. The standard InChI is InChI=1S/C17H20N4O5S/c22-17-12-10-21(9-11-4-5-15(26-11)27(23,24)25)8-6-13(12)19-16(20-17)14-3-1-2-7-18-14/h4-5H,1-3,6-10H2,(H,19,20,22)(H,23,24,25)/p-1. The normalized spacial score (nSPS) is 18.2. The number of rotatable bonds is 4. The maximum atomic E-state index is 12.5. The lowest BCUT2D eigenvalue weighted by atomic mass is 10.1. The molecule has 0 spiro atoms. The summed E-state index contributed by atoms with van der Waals surface area (Å²) in [6.45, 7) is 2.11. The maximum absolute atomic E-state index is 12.5. The number of furan rings is 1. The highest BCUT2D eigenvalue weighted by molar-refractivity contribution is 7.85. The lowest BCUT2D eigenvalue weighted by Gasteiger charge is -2.27. The van der Waals surface area contributed by atoms with Gasteiger partial charge in [0.2, 0.25) is 5.09 Å². The first-order valence-corrected chi connectivity index (χ1v) is 10.2. The number of aromatic nitrogens is 2. The van der Waals surface area contributed by atoms with Gasteiger partial charge in [0.1, 0.15) is 5.76 Å². The molecule has 27 heavy (non-hydrogen) atoms. The molecule has 2 aliphatic rings. The van der Waals surface area contributed by atoms with Gasteiger partial charge in [-0.3, -0.25) is 14.7 Å². The van der Waals surface area contributed by atoms with Crippen LogP contribution in [0.3, 0.4) is 0 Å². The molecule has 9 nitrogen and oxygen atoms in total. The van der Waals surface area contributed by atoms with Crippen molar-refractivity contribution in [3.63, 3.8) is 0 Å². The van der Waals surface area contributed by atoms with Crippen molar-refractivity contribution in [2.75, 3.05) is 13.1 Å². The van der Waals surface area contributed by atoms with Crippen LogP contribution < -0.4 is 5.56 Å². The van der Waals surface area contributed by atoms with Crippen LogP contribution in [0.4, 0.5) is 0 Å². The number of nitrogens with zero attached hydrogens (tertiary/aromatic N) is 3. The third-order valence-electron chi connectivity index (χ3n) is 4.81. The number of H-pyrrole nitrogens is 1. The molecule has 0 radical (unpaired) electrons. The average molecular weight is 391 g/mol. The van der Waals surface area contributed by atoms with E-state index in [9.17, 15) is 17.8 Å². The van der Waals surface area contributed by atoms with E-state index in [1.54, 1.807) is 0 Å².